The molecule has 20 heavy (non-hydrogen) atoms. The first-order chi connectivity index (χ1) is 9.61. The summed E-state index contributed by atoms with van der Waals surface area (Å²) in [5.41, 5.74) is 13.4. The molecule has 0 radical (unpaired) electrons. The first-order valence-electron chi connectivity index (χ1n) is 6.30. The van der Waals surface area contributed by atoms with Gasteiger partial charge in [0.05, 0.1) is 23.5 Å². The summed E-state index contributed by atoms with van der Waals surface area (Å²) >= 11 is 0. The normalized spacial score (nSPS) is 10.1. The maximum Gasteiger partial charge on any atom is 0.250 e. The van der Waals surface area contributed by atoms with E-state index < -0.39 is 5.91 Å². The van der Waals surface area contributed by atoms with Crippen LogP contribution < -0.4 is 21.5 Å². The fourth-order valence-electron chi connectivity index (χ4n) is 1.89. The van der Waals surface area contributed by atoms with Crippen LogP contribution in [-0.4, -0.2) is 12.5 Å². The van der Waals surface area contributed by atoms with E-state index in [0.29, 0.717) is 23.5 Å². The topological polar surface area (TPSA) is 90.4 Å². The second-order valence-corrected chi connectivity index (χ2v) is 4.22. The number of carbonyl (C=O) groups excluding carboxylic acids is 1. The number of hydrogen-bond acceptors (Lipinski definition) is 4. The Balaban J connectivity index is 2.34. The highest BCUT2D eigenvalue weighted by atomic mass is 16.5. The molecule has 1 amide bonds. The molecule has 104 valence electrons. The fourth-order valence-corrected chi connectivity index (χ4v) is 1.89. The molecule has 2 aromatic rings. The van der Waals surface area contributed by atoms with Gasteiger partial charge in [0.1, 0.15) is 5.75 Å². The predicted octanol–water partition coefficient (Wildman–Crippen LogP) is 2.51. The summed E-state index contributed by atoms with van der Waals surface area (Å²) in [7, 11) is 0. The molecule has 0 heterocycles. The molecule has 2 aromatic carbocycles. The molecule has 0 aliphatic rings. The molecule has 0 spiro atoms. The Morgan fingerprint density at radius 2 is 2.00 bits per heavy atom. The zero-order valence-electron chi connectivity index (χ0n) is 11.2. The largest absolute Gasteiger partial charge is 0.494 e. The van der Waals surface area contributed by atoms with Crippen molar-refractivity contribution in [2.24, 2.45) is 5.73 Å². The molecule has 0 aliphatic carbocycles. The smallest absolute Gasteiger partial charge is 0.250 e. The van der Waals surface area contributed by atoms with E-state index in [4.69, 9.17) is 16.2 Å². The predicted molar refractivity (Wildman–Crippen MR) is 80.3 cm³/mol. The van der Waals surface area contributed by atoms with Gasteiger partial charge in [-0.3, -0.25) is 4.79 Å². The van der Waals surface area contributed by atoms with Crippen LogP contribution in [-0.2, 0) is 0 Å². The number of amides is 1. The fraction of sp³-hybridized carbons (Fsp3) is 0.133. The Hall–Kier alpha value is -2.69. The van der Waals surface area contributed by atoms with E-state index in [1.807, 2.05) is 31.2 Å². The lowest BCUT2D eigenvalue weighted by Gasteiger charge is -2.13. The summed E-state index contributed by atoms with van der Waals surface area (Å²) in [6.45, 7) is 2.50. The van der Waals surface area contributed by atoms with Gasteiger partial charge in [0.15, 0.2) is 0 Å². The van der Waals surface area contributed by atoms with E-state index in [1.54, 1.807) is 18.2 Å². The summed E-state index contributed by atoms with van der Waals surface area (Å²) < 4.78 is 5.43. The lowest BCUT2D eigenvalue weighted by molar-refractivity contribution is 0.100. The first-order valence-corrected chi connectivity index (χ1v) is 6.30. The molecule has 0 saturated heterocycles. The van der Waals surface area contributed by atoms with E-state index in [-0.39, 0.29) is 0 Å². The first kappa shape index (κ1) is 13.7. The Labute approximate surface area is 117 Å². The van der Waals surface area contributed by atoms with E-state index in [0.717, 1.165) is 11.4 Å². The van der Waals surface area contributed by atoms with Gasteiger partial charge in [-0.15, -0.1) is 0 Å². The number of para-hydroxylation sites is 1. The van der Waals surface area contributed by atoms with Crippen molar-refractivity contribution in [1.82, 2.24) is 0 Å². The number of rotatable bonds is 5. The van der Waals surface area contributed by atoms with Crippen LogP contribution in [0.1, 0.15) is 17.3 Å². The van der Waals surface area contributed by atoms with Crippen molar-refractivity contribution in [3.05, 3.63) is 48.0 Å². The molecule has 5 nitrogen and oxygen atoms in total. The zero-order valence-corrected chi connectivity index (χ0v) is 11.2. The van der Waals surface area contributed by atoms with Crippen molar-refractivity contribution < 1.29 is 9.53 Å². The molecule has 0 saturated carbocycles. The summed E-state index contributed by atoms with van der Waals surface area (Å²) in [5.74, 6) is 0.216. The molecule has 2 rings (SSSR count). The number of nitrogen functional groups attached to an aromatic ring is 1. The van der Waals surface area contributed by atoms with Crippen LogP contribution in [0.25, 0.3) is 0 Å². The molecule has 5 N–H and O–H groups in total. The number of anilines is 3. The lowest BCUT2D eigenvalue weighted by Crippen LogP contribution is -2.14. The molecule has 0 fully saturated rings. The quantitative estimate of drug-likeness (QED) is 0.729. The number of primary amides is 1. The number of benzene rings is 2. The number of ether oxygens (including phenoxy) is 1. The minimum Gasteiger partial charge on any atom is -0.494 e. The van der Waals surface area contributed by atoms with Gasteiger partial charge in [-0.05, 0) is 31.2 Å². The average molecular weight is 271 g/mol. The molecule has 0 aliphatic heterocycles. The summed E-state index contributed by atoms with van der Waals surface area (Å²) in [6.07, 6.45) is 0. The van der Waals surface area contributed by atoms with Crippen molar-refractivity contribution >= 4 is 23.0 Å². The summed E-state index contributed by atoms with van der Waals surface area (Å²) in [5, 5.41) is 3.12. The number of nitrogens with two attached hydrogens (primary N) is 2. The van der Waals surface area contributed by atoms with Gasteiger partial charge in [-0.25, -0.2) is 0 Å². The minimum atomic E-state index is -0.527. The van der Waals surface area contributed by atoms with Gasteiger partial charge in [0.2, 0.25) is 0 Å². The Morgan fingerprint density at radius 1 is 1.25 bits per heavy atom. The molecule has 0 bridgehead atoms. The third-order valence-corrected chi connectivity index (χ3v) is 2.78. The standard InChI is InChI=1S/C15H17N3O2/c1-2-20-11-6-3-5-10(9-11)18-14-12(15(17)19)7-4-8-13(14)16/h3-9,18H,2,16H2,1H3,(H2,17,19). The highest BCUT2D eigenvalue weighted by molar-refractivity contribution is 6.02. The van der Waals surface area contributed by atoms with Crippen LogP contribution in [0.4, 0.5) is 17.1 Å². The monoisotopic (exact) mass is 271 g/mol. The van der Waals surface area contributed by atoms with Gasteiger partial charge in [0.25, 0.3) is 5.91 Å². The highest BCUT2D eigenvalue weighted by Crippen LogP contribution is 2.28. The van der Waals surface area contributed by atoms with Gasteiger partial charge in [-0.1, -0.05) is 12.1 Å². The Morgan fingerprint density at radius 3 is 2.70 bits per heavy atom. The summed E-state index contributed by atoms with van der Waals surface area (Å²) in [4.78, 5) is 11.4. The second kappa shape index (κ2) is 5.97. The van der Waals surface area contributed by atoms with Crippen LogP contribution >= 0.6 is 0 Å². The molecule has 5 heteroatoms. The van der Waals surface area contributed by atoms with Crippen LogP contribution in [0, 0.1) is 0 Å². The summed E-state index contributed by atoms with van der Waals surface area (Å²) in [6, 6.07) is 12.4. The zero-order chi connectivity index (χ0) is 14.5. The SMILES string of the molecule is CCOc1cccc(Nc2c(N)cccc2C(N)=O)c1. The number of nitrogens with one attached hydrogen (secondary N) is 1. The minimum absolute atomic E-state index is 0.354. The van der Waals surface area contributed by atoms with E-state index in [1.165, 1.54) is 0 Å². The third kappa shape index (κ3) is 3.00. The van der Waals surface area contributed by atoms with Crippen molar-refractivity contribution in [2.45, 2.75) is 6.92 Å². The average Bonchev–Trinajstić information content (AvgIpc) is 2.41. The maximum atomic E-state index is 11.4. The van der Waals surface area contributed by atoms with E-state index in [9.17, 15) is 4.79 Å². The lowest BCUT2D eigenvalue weighted by atomic mass is 10.1. The molecular weight excluding hydrogens is 254 g/mol. The Bertz CT molecular complexity index is 626. The van der Waals surface area contributed by atoms with E-state index >= 15 is 0 Å². The van der Waals surface area contributed by atoms with Gasteiger partial charge in [-0.2, -0.15) is 0 Å². The van der Waals surface area contributed by atoms with Crippen LogP contribution in [0.15, 0.2) is 42.5 Å². The van der Waals surface area contributed by atoms with Gasteiger partial charge in [0, 0.05) is 11.8 Å². The molecule has 0 aromatic heterocycles. The van der Waals surface area contributed by atoms with Gasteiger partial charge < -0.3 is 21.5 Å². The van der Waals surface area contributed by atoms with Crippen LogP contribution in [0.5, 0.6) is 5.75 Å². The third-order valence-electron chi connectivity index (χ3n) is 2.78. The Kier molecular flexibility index (Phi) is 4.10. The number of carbonyl (C=O) groups is 1. The van der Waals surface area contributed by atoms with Crippen LogP contribution in [0.3, 0.4) is 0 Å². The maximum absolute atomic E-state index is 11.4. The number of hydrogen-bond donors (Lipinski definition) is 3. The van der Waals surface area contributed by atoms with Crippen LogP contribution in [0.2, 0.25) is 0 Å². The highest BCUT2D eigenvalue weighted by Gasteiger charge is 2.11. The molecule has 0 unspecified atom stereocenters. The molecule has 0 atom stereocenters. The van der Waals surface area contributed by atoms with Crippen molar-refractivity contribution in [3.63, 3.8) is 0 Å². The van der Waals surface area contributed by atoms with Crippen molar-refractivity contribution in [3.8, 4) is 5.75 Å². The second-order valence-electron chi connectivity index (χ2n) is 4.22. The molecular formula is C15H17N3O2. The van der Waals surface area contributed by atoms with Gasteiger partial charge >= 0.3 is 0 Å². The van der Waals surface area contributed by atoms with E-state index in [2.05, 4.69) is 5.32 Å². The van der Waals surface area contributed by atoms with Crippen molar-refractivity contribution in [1.29, 1.82) is 0 Å². The van der Waals surface area contributed by atoms with Crippen molar-refractivity contribution in [2.75, 3.05) is 17.7 Å².